The first kappa shape index (κ1) is 18.9. The SMILES string of the molecule is C=Cc1c(Br)c(F)cc2c(OS(=O)(=O)C(F)(F)F)cc(=O)n(C3CC3)c12. The standard InChI is InChI=1S/C15H10BrF4NO4S/c1-2-8-13(16)10(17)5-9-11(25-26(23,24)15(18,19)20)6-12(22)21(14(8)9)7-3-4-7/h2,5-7H,1,3-4H2. The first-order chi connectivity index (χ1) is 12.0. The van der Waals surface area contributed by atoms with Gasteiger partial charge in [0.05, 0.1) is 9.99 Å². The summed E-state index contributed by atoms with van der Waals surface area (Å²) in [5.74, 6) is -1.77. The average molecular weight is 456 g/mol. The van der Waals surface area contributed by atoms with E-state index in [0.29, 0.717) is 18.9 Å². The molecule has 11 heteroatoms. The van der Waals surface area contributed by atoms with Crippen LogP contribution in [0.2, 0.25) is 0 Å². The minimum atomic E-state index is -6.03. The van der Waals surface area contributed by atoms with Crippen LogP contribution < -0.4 is 9.74 Å². The number of hydrogen-bond acceptors (Lipinski definition) is 4. The average Bonchev–Trinajstić information content (AvgIpc) is 3.33. The Kier molecular flexibility index (Phi) is 4.42. The molecule has 2 aromatic rings. The van der Waals surface area contributed by atoms with Crippen LogP contribution in [0, 0.1) is 5.82 Å². The van der Waals surface area contributed by atoms with Crippen LogP contribution in [0.25, 0.3) is 17.0 Å². The second-order valence-corrected chi connectivity index (χ2v) is 7.95. The van der Waals surface area contributed by atoms with Crippen molar-refractivity contribution < 1.29 is 30.2 Å². The van der Waals surface area contributed by atoms with Gasteiger partial charge in [0.2, 0.25) is 0 Å². The summed E-state index contributed by atoms with van der Waals surface area (Å²) in [6.45, 7) is 3.53. The molecule has 3 rings (SSSR count). The highest BCUT2D eigenvalue weighted by molar-refractivity contribution is 9.10. The molecule has 0 spiro atoms. The third-order valence-corrected chi connectivity index (χ3v) is 5.60. The van der Waals surface area contributed by atoms with Gasteiger partial charge in [0, 0.05) is 23.1 Å². The Morgan fingerprint density at radius 3 is 2.42 bits per heavy atom. The summed E-state index contributed by atoms with van der Waals surface area (Å²) in [6, 6.07) is 1.21. The van der Waals surface area contributed by atoms with E-state index in [0.717, 1.165) is 6.07 Å². The van der Waals surface area contributed by atoms with Crippen LogP contribution in [-0.2, 0) is 10.1 Å². The van der Waals surface area contributed by atoms with E-state index in [1.54, 1.807) is 0 Å². The third-order valence-electron chi connectivity index (χ3n) is 3.82. The van der Waals surface area contributed by atoms with Crippen molar-refractivity contribution in [1.29, 1.82) is 0 Å². The molecule has 140 valence electrons. The zero-order valence-electron chi connectivity index (χ0n) is 12.8. The number of hydrogen-bond donors (Lipinski definition) is 0. The van der Waals surface area contributed by atoms with E-state index >= 15 is 0 Å². The number of rotatable bonds is 4. The Labute approximate surface area is 153 Å². The molecule has 0 radical (unpaired) electrons. The number of nitrogens with zero attached hydrogens (tertiary/aromatic N) is 1. The quantitative estimate of drug-likeness (QED) is 0.395. The van der Waals surface area contributed by atoms with E-state index in [1.807, 2.05) is 0 Å². The highest BCUT2D eigenvalue weighted by Crippen LogP contribution is 2.41. The lowest BCUT2D eigenvalue weighted by Gasteiger charge is -2.17. The van der Waals surface area contributed by atoms with Gasteiger partial charge in [-0.25, -0.2) is 4.39 Å². The van der Waals surface area contributed by atoms with Gasteiger partial charge >= 0.3 is 15.6 Å². The van der Waals surface area contributed by atoms with Gasteiger partial charge in [-0.2, -0.15) is 21.6 Å². The van der Waals surface area contributed by atoms with E-state index in [1.165, 1.54) is 10.6 Å². The molecular formula is C15H10BrF4NO4S. The number of fused-ring (bicyclic) bond motifs is 1. The Hall–Kier alpha value is -1.88. The van der Waals surface area contributed by atoms with Crippen molar-refractivity contribution in [3.63, 3.8) is 0 Å². The Morgan fingerprint density at radius 1 is 1.31 bits per heavy atom. The van der Waals surface area contributed by atoms with Crippen LogP contribution in [0.4, 0.5) is 17.6 Å². The van der Waals surface area contributed by atoms with Crippen molar-refractivity contribution in [2.45, 2.75) is 24.4 Å². The van der Waals surface area contributed by atoms with Crippen LogP contribution in [0.3, 0.4) is 0 Å². The first-order valence-corrected chi connectivity index (χ1v) is 9.38. The molecule has 1 aliphatic carbocycles. The van der Waals surface area contributed by atoms with Crippen LogP contribution in [0.1, 0.15) is 24.4 Å². The maximum absolute atomic E-state index is 14.2. The van der Waals surface area contributed by atoms with E-state index in [9.17, 15) is 30.8 Å². The first-order valence-electron chi connectivity index (χ1n) is 7.18. The molecule has 1 fully saturated rings. The molecule has 26 heavy (non-hydrogen) atoms. The highest BCUT2D eigenvalue weighted by atomic mass is 79.9. The third kappa shape index (κ3) is 3.02. The van der Waals surface area contributed by atoms with Crippen molar-refractivity contribution >= 4 is 43.0 Å². The summed E-state index contributed by atoms with van der Waals surface area (Å²) in [4.78, 5) is 12.4. The zero-order chi connectivity index (χ0) is 19.4. The molecule has 0 unspecified atom stereocenters. The van der Waals surface area contributed by atoms with E-state index in [4.69, 9.17) is 0 Å². The minimum absolute atomic E-state index is 0.0513. The molecular weight excluding hydrogens is 446 g/mol. The van der Waals surface area contributed by atoms with Gasteiger partial charge in [0.25, 0.3) is 5.56 Å². The fourth-order valence-electron chi connectivity index (χ4n) is 2.57. The van der Waals surface area contributed by atoms with Gasteiger partial charge in [-0.05, 0) is 34.8 Å². The zero-order valence-corrected chi connectivity index (χ0v) is 15.2. The van der Waals surface area contributed by atoms with Gasteiger partial charge in [-0.1, -0.05) is 12.7 Å². The van der Waals surface area contributed by atoms with E-state index in [2.05, 4.69) is 26.7 Å². The fourth-order valence-corrected chi connectivity index (χ4v) is 3.50. The highest BCUT2D eigenvalue weighted by Gasteiger charge is 2.49. The maximum atomic E-state index is 14.2. The fraction of sp³-hybridized carbons (Fsp3) is 0.267. The number of aromatic nitrogens is 1. The van der Waals surface area contributed by atoms with Crippen molar-refractivity contribution in [1.82, 2.24) is 4.57 Å². The molecule has 1 aromatic carbocycles. The second kappa shape index (κ2) is 6.08. The smallest absolute Gasteiger partial charge is 0.375 e. The van der Waals surface area contributed by atoms with Gasteiger partial charge in [-0.3, -0.25) is 4.79 Å². The number of pyridine rings is 1. The summed E-state index contributed by atoms with van der Waals surface area (Å²) in [7, 11) is -6.03. The number of benzene rings is 1. The molecule has 0 bridgehead atoms. The van der Waals surface area contributed by atoms with Gasteiger partial charge in [0.1, 0.15) is 5.82 Å². The molecule has 0 saturated heterocycles. The van der Waals surface area contributed by atoms with Crippen molar-refractivity contribution in [3.8, 4) is 5.75 Å². The van der Waals surface area contributed by atoms with Crippen LogP contribution >= 0.6 is 15.9 Å². The summed E-state index contributed by atoms with van der Waals surface area (Å²) in [5, 5.41) is -0.278. The van der Waals surface area contributed by atoms with E-state index in [-0.39, 0.29) is 27.0 Å². The lowest BCUT2D eigenvalue weighted by Crippen LogP contribution is -2.29. The normalized spacial score (nSPS) is 15.3. The second-order valence-electron chi connectivity index (χ2n) is 5.62. The summed E-state index contributed by atoms with van der Waals surface area (Å²) >= 11 is 3.01. The topological polar surface area (TPSA) is 65.4 Å². The summed E-state index contributed by atoms with van der Waals surface area (Å²) in [6.07, 6.45) is 2.53. The molecule has 0 N–H and O–H groups in total. The van der Waals surface area contributed by atoms with Crippen LogP contribution in [0.15, 0.2) is 28.0 Å². The van der Waals surface area contributed by atoms with Crippen LogP contribution in [0.5, 0.6) is 5.75 Å². The van der Waals surface area contributed by atoms with Crippen molar-refractivity contribution in [3.05, 3.63) is 44.9 Å². The Morgan fingerprint density at radius 2 is 1.92 bits per heavy atom. The van der Waals surface area contributed by atoms with Crippen molar-refractivity contribution in [2.75, 3.05) is 0 Å². The molecule has 0 aliphatic heterocycles. The Balaban J connectivity index is 2.40. The minimum Gasteiger partial charge on any atom is -0.375 e. The lowest BCUT2D eigenvalue weighted by molar-refractivity contribution is -0.0499. The molecule has 1 aliphatic rings. The van der Waals surface area contributed by atoms with E-state index < -0.39 is 32.8 Å². The van der Waals surface area contributed by atoms with Crippen molar-refractivity contribution in [2.24, 2.45) is 0 Å². The molecule has 1 aromatic heterocycles. The number of alkyl halides is 3. The molecule has 0 atom stereocenters. The molecule has 0 amide bonds. The van der Waals surface area contributed by atoms with Gasteiger partial charge in [-0.15, -0.1) is 0 Å². The van der Waals surface area contributed by atoms with Crippen LogP contribution in [-0.4, -0.2) is 18.5 Å². The molecule has 5 nitrogen and oxygen atoms in total. The largest absolute Gasteiger partial charge is 0.534 e. The Bertz CT molecular complexity index is 1090. The predicted molar refractivity (Wildman–Crippen MR) is 89.8 cm³/mol. The van der Waals surface area contributed by atoms with Gasteiger partial charge in [0.15, 0.2) is 5.75 Å². The lowest BCUT2D eigenvalue weighted by atomic mass is 10.1. The monoisotopic (exact) mass is 455 g/mol. The predicted octanol–water partition coefficient (Wildman–Crippen LogP) is 4.11. The summed E-state index contributed by atoms with van der Waals surface area (Å²) in [5.41, 5.74) is -6.29. The summed E-state index contributed by atoms with van der Waals surface area (Å²) < 4.78 is 80.1. The maximum Gasteiger partial charge on any atom is 0.534 e. The molecule has 1 heterocycles. The number of halogens is 5. The van der Waals surface area contributed by atoms with Gasteiger partial charge < -0.3 is 8.75 Å². The molecule has 1 saturated carbocycles.